The van der Waals surface area contributed by atoms with Crippen LogP contribution >= 0.6 is 11.8 Å². The van der Waals surface area contributed by atoms with Crippen LogP contribution < -0.4 is 0 Å². The number of aromatic nitrogens is 1. The highest BCUT2D eigenvalue weighted by Gasteiger charge is 2.29. The van der Waals surface area contributed by atoms with Crippen LogP contribution in [0.1, 0.15) is 18.6 Å². The van der Waals surface area contributed by atoms with Gasteiger partial charge in [0.05, 0.1) is 17.3 Å². The summed E-state index contributed by atoms with van der Waals surface area (Å²) in [7, 11) is 0. The van der Waals surface area contributed by atoms with E-state index in [0.29, 0.717) is 5.56 Å². The SMILES string of the molecule is CC(=O)SCC(O)C(O)c1c(-c2ccccc2)n(-c2ccccc2)c2ccccc12. The van der Waals surface area contributed by atoms with E-state index in [-0.39, 0.29) is 10.9 Å². The summed E-state index contributed by atoms with van der Waals surface area (Å²) >= 11 is 1.02. The summed E-state index contributed by atoms with van der Waals surface area (Å²) in [6.07, 6.45) is -2.21. The number of carbonyl (C=O) groups is 1. The van der Waals surface area contributed by atoms with Crippen molar-refractivity contribution in [3.05, 3.63) is 90.5 Å². The molecule has 0 aliphatic heterocycles. The number of rotatable bonds is 6. The van der Waals surface area contributed by atoms with Crippen molar-refractivity contribution in [2.24, 2.45) is 0 Å². The summed E-state index contributed by atoms with van der Waals surface area (Å²) in [6, 6.07) is 27.7. The highest BCUT2D eigenvalue weighted by atomic mass is 32.2. The van der Waals surface area contributed by atoms with E-state index in [4.69, 9.17) is 0 Å². The number of carbonyl (C=O) groups excluding carboxylic acids is 1. The van der Waals surface area contributed by atoms with Crippen molar-refractivity contribution in [1.82, 2.24) is 4.57 Å². The number of hydrogen-bond donors (Lipinski definition) is 2. The summed E-state index contributed by atoms with van der Waals surface area (Å²) in [5.74, 6) is 0.134. The van der Waals surface area contributed by atoms with Crippen molar-refractivity contribution >= 4 is 27.8 Å². The lowest BCUT2D eigenvalue weighted by Gasteiger charge is -2.20. The smallest absolute Gasteiger partial charge is 0.185 e. The van der Waals surface area contributed by atoms with Gasteiger partial charge in [0.1, 0.15) is 6.10 Å². The third kappa shape index (κ3) is 3.92. The fourth-order valence-electron chi connectivity index (χ4n) is 3.78. The van der Waals surface area contributed by atoms with E-state index in [9.17, 15) is 15.0 Å². The van der Waals surface area contributed by atoms with Gasteiger partial charge in [0.15, 0.2) is 5.12 Å². The molecule has 2 unspecified atom stereocenters. The minimum Gasteiger partial charge on any atom is -0.389 e. The molecule has 152 valence electrons. The number of thioether (sulfide) groups is 1. The molecule has 0 fully saturated rings. The van der Waals surface area contributed by atoms with E-state index in [1.807, 2.05) is 84.9 Å². The summed E-state index contributed by atoms with van der Waals surface area (Å²) < 4.78 is 2.12. The number of benzene rings is 3. The van der Waals surface area contributed by atoms with Gasteiger partial charge >= 0.3 is 0 Å². The molecular weight excluding hydrogens is 394 g/mol. The minimum atomic E-state index is -1.14. The predicted molar refractivity (Wildman–Crippen MR) is 123 cm³/mol. The molecule has 0 aliphatic rings. The molecule has 30 heavy (non-hydrogen) atoms. The molecule has 0 aliphatic carbocycles. The van der Waals surface area contributed by atoms with Crippen LogP contribution in [0.25, 0.3) is 27.8 Å². The van der Waals surface area contributed by atoms with E-state index in [1.54, 1.807) is 0 Å². The van der Waals surface area contributed by atoms with E-state index in [0.717, 1.165) is 39.6 Å². The molecule has 1 heterocycles. The van der Waals surface area contributed by atoms with Crippen molar-refractivity contribution in [3.8, 4) is 16.9 Å². The van der Waals surface area contributed by atoms with Crippen LogP contribution in [0.3, 0.4) is 0 Å². The van der Waals surface area contributed by atoms with Gasteiger partial charge in [-0.25, -0.2) is 0 Å². The average molecular weight is 418 g/mol. The largest absolute Gasteiger partial charge is 0.389 e. The Kier molecular flexibility index (Phi) is 6.04. The van der Waals surface area contributed by atoms with Crippen molar-refractivity contribution < 1.29 is 15.0 Å². The number of fused-ring (bicyclic) bond motifs is 1. The zero-order chi connectivity index (χ0) is 21.1. The van der Waals surface area contributed by atoms with Crippen LogP contribution in [0.15, 0.2) is 84.9 Å². The number of aliphatic hydroxyl groups excluding tert-OH is 2. The van der Waals surface area contributed by atoms with Gasteiger partial charge in [-0.1, -0.05) is 78.5 Å². The van der Waals surface area contributed by atoms with Gasteiger partial charge in [0.25, 0.3) is 0 Å². The van der Waals surface area contributed by atoms with E-state index in [2.05, 4.69) is 4.57 Å². The third-order valence-corrected chi connectivity index (χ3v) is 6.01. The monoisotopic (exact) mass is 417 g/mol. The average Bonchev–Trinajstić information content (AvgIpc) is 3.13. The highest BCUT2D eigenvalue weighted by Crippen LogP contribution is 2.41. The number of aliphatic hydroxyl groups is 2. The van der Waals surface area contributed by atoms with Crippen LogP contribution in [0.2, 0.25) is 0 Å². The Morgan fingerprint density at radius 3 is 2.17 bits per heavy atom. The van der Waals surface area contributed by atoms with Gasteiger partial charge in [-0.3, -0.25) is 4.79 Å². The van der Waals surface area contributed by atoms with Crippen LogP contribution in [-0.4, -0.2) is 31.8 Å². The van der Waals surface area contributed by atoms with Gasteiger partial charge in [0.2, 0.25) is 0 Å². The molecular formula is C25H23NO3S. The lowest BCUT2D eigenvalue weighted by atomic mass is 9.98. The summed E-state index contributed by atoms with van der Waals surface area (Å²) in [4.78, 5) is 11.4. The second-order valence-electron chi connectivity index (χ2n) is 7.13. The molecule has 2 atom stereocenters. The van der Waals surface area contributed by atoms with Gasteiger partial charge in [0, 0.05) is 29.3 Å². The first-order valence-corrected chi connectivity index (χ1v) is 10.8. The third-order valence-electron chi connectivity index (χ3n) is 5.09. The lowest BCUT2D eigenvalue weighted by molar-refractivity contribution is -0.109. The molecule has 1 aromatic heterocycles. The molecule has 3 aromatic carbocycles. The van der Waals surface area contributed by atoms with Gasteiger partial charge in [-0.05, 0) is 23.8 Å². The second kappa shape index (κ2) is 8.88. The first-order valence-electron chi connectivity index (χ1n) is 9.81. The number of para-hydroxylation sites is 2. The van der Waals surface area contributed by atoms with Gasteiger partial charge in [-0.15, -0.1) is 0 Å². The van der Waals surface area contributed by atoms with Crippen molar-refractivity contribution in [1.29, 1.82) is 0 Å². The fourth-order valence-corrected chi connectivity index (χ4v) is 4.36. The molecule has 4 aromatic rings. The number of nitrogens with zero attached hydrogens (tertiary/aromatic N) is 1. The Balaban J connectivity index is 1.99. The maximum Gasteiger partial charge on any atom is 0.185 e. The van der Waals surface area contributed by atoms with Crippen molar-refractivity contribution in [3.63, 3.8) is 0 Å². The molecule has 0 saturated heterocycles. The lowest BCUT2D eigenvalue weighted by Crippen LogP contribution is -2.22. The molecule has 5 heteroatoms. The molecule has 0 spiro atoms. The minimum absolute atomic E-state index is 0.0868. The topological polar surface area (TPSA) is 62.5 Å². The molecule has 4 nitrogen and oxygen atoms in total. The molecule has 2 N–H and O–H groups in total. The van der Waals surface area contributed by atoms with E-state index >= 15 is 0 Å². The first kappa shape index (κ1) is 20.4. The maximum absolute atomic E-state index is 11.4. The predicted octanol–water partition coefficient (Wildman–Crippen LogP) is 4.97. The van der Waals surface area contributed by atoms with Crippen LogP contribution in [0.5, 0.6) is 0 Å². The first-order chi connectivity index (χ1) is 14.6. The summed E-state index contributed by atoms with van der Waals surface area (Å²) in [5, 5.41) is 22.7. The standard InChI is InChI=1S/C25H23NO3S/c1-17(27)30-16-22(28)25(29)23-20-14-8-9-15-21(20)26(19-12-6-3-7-13-19)24(23)18-10-4-2-5-11-18/h2-15,22,25,28-29H,16H2,1H3. The summed E-state index contributed by atoms with van der Waals surface area (Å²) in [6.45, 7) is 1.46. The molecule has 0 saturated carbocycles. The van der Waals surface area contributed by atoms with Crippen molar-refractivity contribution in [2.45, 2.75) is 19.1 Å². The zero-order valence-electron chi connectivity index (χ0n) is 16.6. The molecule has 0 amide bonds. The Hall–Kier alpha value is -2.86. The quantitative estimate of drug-likeness (QED) is 0.465. The zero-order valence-corrected chi connectivity index (χ0v) is 17.4. The normalized spacial score (nSPS) is 13.3. The van der Waals surface area contributed by atoms with Gasteiger partial charge < -0.3 is 14.8 Å². The molecule has 4 rings (SSSR count). The Labute approximate surface area is 179 Å². The molecule has 0 radical (unpaired) electrons. The Morgan fingerprint density at radius 2 is 1.50 bits per heavy atom. The number of hydrogen-bond acceptors (Lipinski definition) is 4. The molecule has 0 bridgehead atoms. The van der Waals surface area contributed by atoms with Crippen LogP contribution in [0, 0.1) is 0 Å². The summed E-state index contributed by atoms with van der Waals surface area (Å²) in [5.41, 5.74) is 4.36. The van der Waals surface area contributed by atoms with E-state index < -0.39 is 12.2 Å². The fraction of sp³-hybridized carbons (Fsp3) is 0.160. The van der Waals surface area contributed by atoms with Gasteiger partial charge in [-0.2, -0.15) is 0 Å². The van der Waals surface area contributed by atoms with Crippen LogP contribution in [0.4, 0.5) is 0 Å². The second-order valence-corrected chi connectivity index (χ2v) is 8.33. The highest BCUT2D eigenvalue weighted by molar-refractivity contribution is 8.13. The van der Waals surface area contributed by atoms with Crippen LogP contribution in [-0.2, 0) is 4.79 Å². The van der Waals surface area contributed by atoms with E-state index in [1.165, 1.54) is 6.92 Å². The Bertz CT molecular complexity index is 1160. The van der Waals surface area contributed by atoms with Crippen molar-refractivity contribution in [2.75, 3.05) is 5.75 Å². The Morgan fingerprint density at radius 1 is 0.900 bits per heavy atom. The maximum atomic E-state index is 11.4.